The highest BCUT2D eigenvalue weighted by atomic mass is 35.5. The van der Waals surface area contributed by atoms with Crippen molar-refractivity contribution in [2.24, 2.45) is 0 Å². The zero-order valence-corrected chi connectivity index (χ0v) is 15.1. The monoisotopic (exact) mass is 363 g/mol. The van der Waals surface area contributed by atoms with Gasteiger partial charge in [0.15, 0.2) is 0 Å². The van der Waals surface area contributed by atoms with Gasteiger partial charge in [-0.3, -0.25) is 4.79 Å². The van der Waals surface area contributed by atoms with E-state index in [1.807, 2.05) is 38.1 Å². The summed E-state index contributed by atoms with van der Waals surface area (Å²) in [5, 5.41) is 3.91. The first-order valence-electron chi connectivity index (χ1n) is 7.58. The number of halogens is 2. The predicted molar refractivity (Wildman–Crippen MR) is 99.8 cm³/mol. The van der Waals surface area contributed by atoms with E-state index in [0.717, 1.165) is 16.9 Å². The SMILES string of the molecule is Cc1ccccc1OCC(C)NC(=O)/C=C/c1ccc(Cl)cc1Cl. The fraction of sp³-hybridized carbons (Fsp3) is 0.211. The molecule has 0 heterocycles. The van der Waals surface area contributed by atoms with E-state index in [-0.39, 0.29) is 11.9 Å². The largest absolute Gasteiger partial charge is 0.491 e. The van der Waals surface area contributed by atoms with Crippen molar-refractivity contribution < 1.29 is 9.53 Å². The van der Waals surface area contributed by atoms with E-state index in [1.165, 1.54) is 6.08 Å². The Morgan fingerprint density at radius 1 is 1.25 bits per heavy atom. The van der Waals surface area contributed by atoms with E-state index in [4.69, 9.17) is 27.9 Å². The van der Waals surface area contributed by atoms with Crippen LogP contribution in [0.2, 0.25) is 10.0 Å². The zero-order valence-electron chi connectivity index (χ0n) is 13.6. The Labute approximate surface area is 152 Å². The minimum absolute atomic E-state index is 0.123. The molecule has 0 saturated carbocycles. The number of hydrogen-bond acceptors (Lipinski definition) is 2. The number of hydrogen-bond donors (Lipinski definition) is 1. The summed E-state index contributed by atoms with van der Waals surface area (Å²) in [7, 11) is 0. The van der Waals surface area contributed by atoms with Gasteiger partial charge in [0, 0.05) is 16.1 Å². The second kappa shape index (κ2) is 8.76. The Balaban J connectivity index is 1.85. The number of amides is 1. The van der Waals surface area contributed by atoms with Crippen molar-refractivity contribution in [2.45, 2.75) is 19.9 Å². The normalized spacial score (nSPS) is 12.2. The number of benzene rings is 2. The van der Waals surface area contributed by atoms with Crippen LogP contribution in [0, 0.1) is 6.92 Å². The Morgan fingerprint density at radius 2 is 2.00 bits per heavy atom. The summed E-state index contributed by atoms with van der Waals surface area (Å²) in [5.41, 5.74) is 1.80. The van der Waals surface area contributed by atoms with Gasteiger partial charge in [-0.1, -0.05) is 47.5 Å². The van der Waals surface area contributed by atoms with Crippen molar-refractivity contribution in [1.29, 1.82) is 0 Å². The molecular weight excluding hydrogens is 345 g/mol. The maximum atomic E-state index is 12.0. The molecule has 1 atom stereocenters. The standard InChI is InChI=1S/C19H19Cl2NO2/c1-13-5-3-4-6-18(13)24-12-14(2)22-19(23)10-8-15-7-9-16(20)11-17(15)21/h3-11,14H,12H2,1-2H3,(H,22,23)/b10-8+. The van der Waals surface area contributed by atoms with Gasteiger partial charge in [0.1, 0.15) is 12.4 Å². The molecule has 0 aliphatic rings. The van der Waals surface area contributed by atoms with Crippen LogP contribution in [-0.4, -0.2) is 18.6 Å². The molecule has 1 unspecified atom stereocenters. The van der Waals surface area contributed by atoms with Gasteiger partial charge >= 0.3 is 0 Å². The summed E-state index contributed by atoms with van der Waals surface area (Å²) in [6, 6.07) is 12.8. The third kappa shape index (κ3) is 5.59. The fourth-order valence-corrected chi connectivity index (χ4v) is 2.54. The van der Waals surface area contributed by atoms with Gasteiger partial charge in [-0.25, -0.2) is 0 Å². The molecule has 3 nitrogen and oxygen atoms in total. The molecule has 0 spiro atoms. The van der Waals surface area contributed by atoms with Crippen molar-refractivity contribution >= 4 is 35.2 Å². The lowest BCUT2D eigenvalue weighted by Crippen LogP contribution is -2.35. The number of ether oxygens (including phenoxy) is 1. The average Bonchev–Trinajstić information content (AvgIpc) is 2.53. The molecule has 2 rings (SSSR count). The maximum absolute atomic E-state index is 12.0. The molecule has 24 heavy (non-hydrogen) atoms. The summed E-state index contributed by atoms with van der Waals surface area (Å²) in [5.74, 6) is 0.615. The minimum Gasteiger partial charge on any atom is -0.491 e. The van der Waals surface area contributed by atoms with Gasteiger partial charge in [-0.15, -0.1) is 0 Å². The van der Waals surface area contributed by atoms with Crippen LogP contribution in [0.25, 0.3) is 6.08 Å². The van der Waals surface area contributed by atoms with E-state index in [1.54, 1.807) is 24.3 Å². The van der Waals surface area contributed by atoms with Gasteiger partial charge in [-0.2, -0.15) is 0 Å². The molecule has 0 radical (unpaired) electrons. The average molecular weight is 364 g/mol. The minimum atomic E-state index is -0.207. The lowest BCUT2D eigenvalue weighted by atomic mass is 10.2. The van der Waals surface area contributed by atoms with Crippen molar-refractivity contribution in [3.63, 3.8) is 0 Å². The van der Waals surface area contributed by atoms with Crippen LogP contribution in [0.3, 0.4) is 0 Å². The molecule has 1 amide bonds. The second-order valence-corrected chi connectivity index (χ2v) is 6.33. The topological polar surface area (TPSA) is 38.3 Å². The van der Waals surface area contributed by atoms with E-state index >= 15 is 0 Å². The summed E-state index contributed by atoms with van der Waals surface area (Å²) >= 11 is 11.9. The molecular formula is C19H19Cl2NO2. The first-order chi connectivity index (χ1) is 11.5. The Bertz CT molecular complexity index is 744. The molecule has 2 aromatic carbocycles. The van der Waals surface area contributed by atoms with Crippen LogP contribution in [-0.2, 0) is 4.79 Å². The van der Waals surface area contributed by atoms with Gasteiger partial charge in [0.05, 0.1) is 6.04 Å². The molecule has 2 aromatic rings. The number of rotatable bonds is 6. The van der Waals surface area contributed by atoms with Crippen LogP contribution >= 0.6 is 23.2 Å². The lowest BCUT2D eigenvalue weighted by molar-refractivity contribution is -0.117. The van der Waals surface area contributed by atoms with Crippen LogP contribution in [0.15, 0.2) is 48.5 Å². The molecule has 5 heteroatoms. The lowest BCUT2D eigenvalue weighted by Gasteiger charge is -2.15. The first kappa shape index (κ1) is 18.4. The molecule has 126 valence electrons. The van der Waals surface area contributed by atoms with Crippen molar-refractivity contribution in [2.75, 3.05) is 6.61 Å². The Kier molecular flexibility index (Phi) is 6.71. The number of para-hydroxylation sites is 1. The van der Waals surface area contributed by atoms with Gasteiger partial charge < -0.3 is 10.1 Å². The summed E-state index contributed by atoms with van der Waals surface area (Å²) in [4.78, 5) is 12.0. The third-order valence-electron chi connectivity index (χ3n) is 3.35. The van der Waals surface area contributed by atoms with Crippen LogP contribution in [0.1, 0.15) is 18.1 Å². The zero-order chi connectivity index (χ0) is 17.5. The highest BCUT2D eigenvalue weighted by Crippen LogP contribution is 2.22. The molecule has 0 fully saturated rings. The Morgan fingerprint density at radius 3 is 2.71 bits per heavy atom. The van der Waals surface area contributed by atoms with E-state index in [0.29, 0.717) is 16.7 Å². The van der Waals surface area contributed by atoms with Crippen LogP contribution in [0.5, 0.6) is 5.75 Å². The fourth-order valence-electron chi connectivity index (χ4n) is 2.07. The van der Waals surface area contributed by atoms with E-state index in [2.05, 4.69) is 5.32 Å². The molecule has 0 aliphatic carbocycles. The summed E-state index contributed by atoms with van der Waals surface area (Å²) in [6.45, 7) is 4.27. The quantitative estimate of drug-likeness (QED) is 0.741. The summed E-state index contributed by atoms with van der Waals surface area (Å²) < 4.78 is 5.72. The Hall–Kier alpha value is -1.97. The van der Waals surface area contributed by atoms with Gasteiger partial charge in [0.2, 0.25) is 5.91 Å². The van der Waals surface area contributed by atoms with E-state index in [9.17, 15) is 4.79 Å². The highest BCUT2D eigenvalue weighted by Gasteiger charge is 2.07. The first-order valence-corrected chi connectivity index (χ1v) is 8.33. The maximum Gasteiger partial charge on any atom is 0.244 e. The smallest absolute Gasteiger partial charge is 0.244 e. The number of carbonyl (C=O) groups is 1. The molecule has 1 N–H and O–H groups in total. The molecule has 0 bridgehead atoms. The predicted octanol–water partition coefficient (Wildman–Crippen LogP) is 4.90. The molecule has 0 saturated heterocycles. The summed E-state index contributed by atoms with van der Waals surface area (Å²) in [6.07, 6.45) is 3.10. The van der Waals surface area contributed by atoms with Gasteiger partial charge in [-0.05, 0) is 49.2 Å². The molecule has 0 aliphatic heterocycles. The van der Waals surface area contributed by atoms with Crippen molar-refractivity contribution in [3.8, 4) is 5.75 Å². The van der Waals surface area contributed by atoms with Gasteiger partial charge in [0.25, 0.3) is 0 Å². The van der Waals surface area contributed by atoms with Crippen LogP contribution in [0.4, 0.5) is 0 Å². The highest BCUT2D eigenvalue weighted by molar-refractivity contribution is 6.35. The second-order valence-electron chi connectivity index (χ2n) is 5.49. The van der Waals surface area contributed by atoms with E-state index < -0.39 is 0 Å². The molecule has 0 aromatic heterocycles. The number of nitrogens with one attached hydrogen (secondary N) is 1. The third-order valence-corrected chi connectivity index (χ3v) is 3.91. The van der Waals surface area contributed by atoms with Crippen molar-refractivity contribution in [3.05, 3.63) is 69.7 Å². The number of aryl methyl sites for hydroxylation is 1. The number of carbonyl (C=O) groups excluding carboxylic acids is 1. The van der Waals surface area contributed by atoms with Crippen molar-refractivity contribution in [1.82, 2.24) is 5.32 Å². The van der Waals surface area contributed by atoms with Crippen LogP contribution < -0.4 is 10.1 Å².